The Hall–Kier alpha value is -3.18. The number of esters is 1. The van der Waals surface area contributed by atoms with E-state index in [2.05, 4.69) is 12.1 Å². The van der Waals surface area contributed by atoms with Crippen molar-refractivity contribution in [3.63, 3.8) is 0 Å². The van der Waals surface area contributed by atoms with Crippen molar-refractivity contribution in [1.29, 1.82) is 0 Å². The third-order valence-electron chi connectivity index (χ3n) is 5.89. The van der Waals surface area contributed by atoms with Crippen molar-refractivity contribution in [3.8, 4) is 17.2 Å². The number of carbonyl (C=O) groups excluding carboxylic acids is 1. The molecule has 2 atom stereocenters. The standard InChI is InChI=1S/C27H25ClO5/c1-17(29)32-26-16-31-25-14-21(11-12-23(25)26)30-15-20-9-10-22(13-24(20)28)33-27(19-7-8-19)18-5-3-2-4-6-18/h2-6,9-14,19,26-27H,7-8,15-16H2,1H3. The Balaban J connectivity index is 1.23. The number of fused-ring (bicyclic) bond motifs is 1. The SMILES string of the molecule is CC(=O)OC1COc2cc(OCc3ccc(OC(c4ccccc4)C4CC4)cc3Cl)ccc21. The van der Waals surface area contributed by atoms with Crippen molar-refractivity contribution in [3.05, 3.63) is 88.4 Å². The zero-order valence-corrected chi connectivity index (χ0v) is 19.1. The van der Waals surface area contributed by atoms with Crippen molar-refractivity contribution >= 4 is 17.6 Å². The lowest BCUT2D eigenvalue weighted by Crippen LogP contribution is -2.10. The molecule has 3 aromatic rings. The highest BCUT2D eigenvalue weighted by Gasteiger charge is 2.34. The third kappa shape index (κ3) is 5.09. The average Bonchev–Trinajstić information content (AvgIpc) is 3.58. The normalized spacial score (nSPS) is 17.6. The monoisotopic (exact) mass is 464 g/mol. The number of rotatable bonds is 8. The summed E-state index contributed by atoms with van der Waals surface area (Å²) in [6.45, 7) is 2.02. The molecule has 0 amide bonds. The summed E-state index contributed by atoms with van der Waals surface area (Å²) in [6, 6.07) is 21.6. The van der Waals surface area contributed by atoms with Crippen LogP contribution in [0.25, 0.3) is 0 Å². The van der Waals surface area contributed by atoms with Crippen LogP contribution in [0, 0.1) is 5.92 Å². The molecule has 1 fully saturated rings. The number of hydrogen-bond donors (Lipinski definition) is 0. The van der Waals surface area contributed by atoms with Gasteiger partial charge in [-0.1, -0.05) is 48.0 Å². The number of halogens is 1. The zero-order valence-electron chi connectivity index (χ0n) is 18.3. The summed E-state index contributed by atoms with van der Waals surface area (Å²) in [5.74, 6) is 2.31. The lowest BCUT2D eigenvalue weighted by molar-refractivity contribution is -0.147. The Kier molecular flexibility index (Phi) is 6.14. The maximum absolute atomic E-state index is 11.2. The van der Waals surface area contributed by atoms with Crippen LogP contribution in [0.4, 0.5) is 0 Å². The zero-order chi connectivity index (χ0) is 22.8. The second kappa shape index (κ2) is 9.36. The Morgan fingerprint density at radius 3 is 2.58 bits per heavy atom. The van der Waals surface area contributed by atoms with Gasteiger partial charge in [0.2, 0.25) is 0 Å². The van der Waals surface area contributed by atoms with E-state index in [-0.39, 0.29) is 18.2 Å². The maximum Gasteiger partial charge on any atom is 0.303 e. The van der Waals surface area contributed by atoms with Crippen LogP contribution in [0.2, 0.25) is 5.02 Å². The van der Waals surface area contributed by atoms with E-state index in [0.717, 1.165) is 16.9 Å². The number of benzene rings is 3. The summed E-state index contributed by atoms with van der Waals surface area (Å²) in [7, 11) is 0. The Morgan fingerprint density at radius 2 is 1.85 bits per heavy atom. The molecule has 5 rings (SSSR count). The second-order valence-electron chi connectivity index (χ2n) is 8.44. The predicted molar refractivity (Wildman–Crippen MR) is 125 cm³/mol. The van der Waals surface area contributed by atoms with Crippen LogP contribution in [0.1, 0.15) is 48.7 Å². The Bertz CT molecular complexity index is 1140. The van der Waals surface area contributed by atoms with E-state index in [0.29, 0.717) is 35.7 Å². The molecular formula is C27H25ClO5. The highest BCUT2D eigenvalue weighted by molar-refractivity contribution is 6.31. The van der Waals surface area contributed by atoms with E-state index < -0.39 is 0 Å². The molecule has 33 heavy (non-hydrogen) atoms. The quantitative estimate of drug-likeness (QED) is 0.359. The Labute approximate surface area is 198 Å². The molecule has 2 aliphatic rings. The van der Waals surface area contributed by atoms with E-state index >= 15 is 0 Å². The van der Waals surface area contributed by atoms with Crippen LogP contribution in [-0.4, -0.2) is 12.6 Å². The smallest absolute Gasteiger partial charge is 0.303 e. The van der Waals surface area contributed by atoms with E-state index in [9.17, 15) is 4.79 Å². The molecule has 0 aromatic heterocycles. The molecule has 1 heterocycles. The number of hydrogen-bond acceptors (Lipinski definition) is 5. The van der Waals surface area contributed by atoms with E-state index in [1.54, 1.807) is 0 Å². The van der Waals surface area contributed by atoms with Crippen molar-refractivity contribution in [2.75, 3.05) is 6.61 Å². The first-order valence-corrected chi connectivity index (χ1v) is 11.5. The fourth-order valence-corrected chi connectivity index (χ4v) is 4.28. The van der Waals surface area contributed by atoms with E-state index in [4.69, 9.17) is 30.5 Å². The number of ether oxygens (including phenoxy) is 4. The minimum absolute atomic E-state index is 0.0478. The lowest BCUT2D eigenvalue weighted by atomic mass is 10.1. The van der Waals surface area contributed by atoms with Gasteiger partial charge in [0.1, 0.15) is 36.6 Å². The summed E-state index contributed by atoms with van der Waals surface area (Å²) >= 11 is 6.55. The summed E-state index contributed by atoms with van der Waals surface area (Å²) in [5.41, 5.74) is 2.91. The molecule has 0 spiro atoms. The van der Waals surface area contributed by atoms with Crippen LogP contribution >= 0.6 is 11.6 Å². The maximum atomic E-state index is 11.2. The van der Waals surface area contributed by atoms with Crippen LogP contribution < -0.4 is 14.2 Å². The highest BCUT2D eigenvalue weighted by Crippen LogP contribution is 2.44. The summed E-state index contributed by atoms with van der Waals surface area (Å²) < 4.78 is 23.2. The second-order valence-corrected chi connectivity index (χ2v) is 8.84. The lowest BCUT2D eigenvalue weighted by Gasteiger charge is -2.20. The van der Waals surface area contributed by atoms with Crippen LogP contribution in [0.5, 0.6) is 17.2 Å². The molecule has 6 heteroatoms. The van der Waals surface area contributed by atoms with Gasteiger partial charge in [0.25, 0.3) is 0 Å². The van der Waals surface area contributed by atoms with Crippen LogP contribution in [0.3, 0.4) is 0 Å². The third-order valence-corrected chi connectivity index (χ3v) is 6.24. The van der Waals surface area contributed by atoms with Gasteiger partial charge in [-0.05, 0) is 42.7 Å². The Morgan fingerprint density at radius 1 is 1.06 bits per heavy atom. The van der Waals surface area contributed by atoms with Gasteiger partial charge in [-0.2, -0.15) is 0 Å². The van der Waals surface area contributed by atoms with Gasteiger partial charge in [0.05, 0.1) is 5.02 Å². The molecule has 1 saturated carbocycles. The molecule has 0 bridgehead atoms. The largest absolute Gasteiger partial charge is 0.489 e. The fraction of sp³-hybridized carbons (Fsp3) is 0.296. The summed E-state index contributed by atoms with van der Waals surface area (Å²) in [4.78, 5) is 11.2. The molecule has 1 aliphatic carbocycles. The van der Waals surface area contributed by atoms with Crippen molar-refractivity contribution in [2.24, 2.45) is 5.92 Å². The molecule has 0 radical (unpaired) electrons. The van der Waals surface area contributed by atoms with Gasteiger partial charge in [-0.25, -0.2) is 0 Å². The summed E-state index contributed by atoms with van der Waals surface area (Å²) in [6.07, 6.45) is 2.05. The van der Waals surface area contributed by atoms with E-state index in [1.807, 2.05) is 54.6 Å². The van der Waals surface area contributed by atoms with Gasteiger partial charge in [0.15, 0.2) is 6.10 Å². The van der Waals surface area contributed by atoms with Crippen molar-refractivity contribution in [1.82, 2.24) is 0 Å². The molecular weight excluding hydrogens is 440 g/mol. The van der Waals surface area contributed by atoms with Gasteiger partial charge in [0, 0.05) is 30.0 Å². The van der Waals surface area contributed by atoms with Crippen LogP contribution in [-0.2, 0) is 16.1 Å². The van der Waals surface area contributed by atoms with Gasteiger partial charge < -0.3 is 18.9 Å². The molecule has 0 N–H and O–H groups in total. The summed E-state index contributed by atoms with van der Waals surface area (Å²) in [5, 5.41) is 0.599. The first-order valence-electron chi connectivity index (χ1n) is 11.1. The highest BCUT2D eigenvalue weighted by atomic mass is 35.5. The predicted octanol–water partition coefficient (Wildman–Crippen LogP) is 6.45. The van der Waals surface area contributed by atoms with Crippen molar-refractivity contribution in [2.45, 2.75) is 38.6 Å². The molecule has 5 nitrogen and oxygen atoms in total. The van der Waals surface area contributed by atoms with Gasteiger partial charge in [-0.3, -0.25) is 4.79 Å². The van der Waals surface area contributed by atoms with Gasteiger partial charge >= 0.3 is 5.97 Å². The molecule has 2 unspecified atom stereocenters. The molecule has 1 aliphatic heterocycles. The van der Waals surface area contributed by atoms with Crippen molar-refractivity contribution < 1.29 is 23.7 Å². The molecule has 0 saturated heterocycles. The first kappa shape index (κ1) is 21.7. The minimum Gasteiger partial charge on any atom is -0.489 e. The number of carbonyl (C=O) groups is 1. The first-order chi connectivity index (χ1) is 16.1. The van der Waals surface area contributed by atoms with E-state index in [1.165, 1.54) is 25.3 Å². The topological polar surface area (TPSA) is 54.0 Å². The average molecular weight is 465 g/mol. The van der Waals surface area contributed by atoms with Crippen LogP contribution in [0.15, 0.2) is 66.7 Å². The fourth-order valence-electron chi connectivity index (χ4n) is 4.05. The molecule has 170 valence electrons. The van der Waals surface area contributed by atoms with Gasteiger partial charge in [-0.15, -0.1) is 0 Å². The minimum atomic E-state index is -0.371. The molecule has 3 aromatic carbocycles.